The topological polar surface area (TPSA) is 43.9 Å². The molecule has 2 fully saturated rings. The first-order chi connectivity index (χ1) is 15.0. The van der Waals surface area contributed by atoms with Gasteiger partial charge in [-0.15, -0.1) is 0 Å². The molecule has 2 aliphatic heterocycles. The lowest BCUT2D eigenvalue weighted by atomic mass is 9.94. The Morgan fingerprint density at radius 2 is 1.61 bits per heavy atom. The molecule has 0 aromatic heterocycles. The monoisotopic (exact) mass is 423 g/mol. The van der Waals surface area contributed by atoms with Gasteiger partial charge in [0.2, 0.25) is 5.91 Å². The highest BCUT2D eigenvalue weighted by atomic mass is 19.1. The molecule has 0 N–H and O–H groups in total. The average molecular weight is 424 g/mol. The van der Waals surface area contributed by atoms with Crippen LogP contribution in [0.4, 0.5) is 10.1 Å². The summed E-state index contributed by atoms with van der Waals surface area (Å²) in [5.74, 6) is -0.211. The number of rotatable bonds is 4. The van der Waals surface area contributed by atoms with Crippen LogP contribution in [0.15, 0.2) is 54.6 Å². The fraction of sp³-hybridized carbons (Fsp3) is 0.440. The van der Waals surface area contributed by atoms with Crippen LogP contribution in [0, 0.1) is 11.7 Å². The SMILES string of the molecule is CN(C(=O)C1CCCN(C(=O)c2ccccc2)C1)C1CCN(c2ccc(F)cc2)CC1. The molecule has 0 bridgehead atoms. The molecule has 5 nitrogen and oxygen atoms in total. The number of anilines is 1. The molecule has 6 heteroatoms. The molecule has 2 amide bonds. The lowest BCUT2D eigenvalue weighted by molar-refractivity contribution is -0.138. The minimum atomic E-state index is -0.226. The summed E-state index contributed by atoms with van der Waals surface area (Å²) in [5.41, 5.74) is 1.70. The van der Waals surface area contributed by atoms with E-state index in [9.17, 15) is 14.0 Å². The Bertz CT molecular complexity index is 895. The summed E-state index contributed by atoms with van der Waals surface area (Å²) in [6.07, 6.45) is 3.46. The van der Waals surface area contributed by atoms with E-state index in [1.807, 2.05) is 59.3 Å². The molecule has 0 saturated carbocycles. The van der Waals surface area contributed by atoms with Crippen LogP contribution in [0.1, 0.15) is 36.0 Å². The third-order valence-corrected chi connectivity index (χ3v) is 6.63. The highest BCUT2D eigenvalue weighted by Crippen LogP contribution is 2.26. The largest absolute Gasteiger partial charge is 0.371 e. The first-order valence-electron chi connectivity index (χ1n) is 11.1. The molecule has 2 aromatic rings. The second-order valence-electron chi connectivity index (χ2n) is 8.60. The van der Waals surface area contributed by atoms with Gasteiger partial charge in [0.05, 0.1) is 5.92 Å². The number of benzene rings is 2. The summed E-state index contributed by atoms with van der Waals surface area (Å²) >= 11 is 0. The summed E-state index contributed by atoms with van der Waals surface area (Å²) in [5, 5.41) is 0. The van der Waals surface area contributed by atoms with Gasteiger partial charge in [-0.2, -0.15) is 0 Å². The van der Waals surface area contributed by atoms with Gasteiger partial charge in [0.1, 0.15) is 5.82 Å². The smallest absolute Gasteiger partial charge is 0.253 e. The van der Waals surface area contributed by atoms with Crippen LogP contribution < -0.4 is 4.90 Å². The minimum absolute atomic E-state index is 0.00774. The number of hydrogen-bond acceptors (Lipinski definition) is 3. The van der Waals surface area contributed by atoms with Crippen molar-refractivity contribution in [2.45, 2.75) is 31.7 Å². The van der Waals surface area contributed by atoms with E-state index in [1.54, 1.807) is 0 Å². The Balaban J connectivity index is 1.32. The summed E-state index contributed by atoms with van der Waals surface area (Å²) in [6.45, 7) is 2.89. The summed E-state index contributed by atoms with van der Waals surface area (Å²) in [6, 6.07) is 16.1. The fourth-order valence-electron chi connectivity index (χ4n) is 4.76. The lowest BCUT2D eigenvalue weighted by Gasteiger charge is -2.40. The van der Waals surface area contributed by atoms with Crippen molar-refractivity contribution in [3.63, 3.8) is 0 Å². The van der Waals surface area contributed by atoms with Crippen LogP contribution in [0.25, 0.3) is 0 Å². The van der Waals surface area contributed by atoms with Crippen molar-refractivity contribution >= 4 is 17.5 Å². The average Bonchev–Trinajstić information content (AvgIpc) is 2.84. The van der Waals surface area contributed by atoms with Crippen molar-refractivity contribution in [2.75, 3.05) is 38.1 Å². The zero-order chi connectivity index (χ0) is 21.8. The van der Waals surface area contributed by atoms with Crippen LogP contribution in [-0.2, 0) is 4.79 Å². The molecular formula is C25H30FN3O2. The molecule has 1 unspecified atom stereocenters. The zero-order valence-electron chi connectivity index (χ0n) is 18.0. The molecule has 2 aliphatic rings. The van der Waals surface area contributed by atoms with E-state index < -0.39 is 0 Å². The van der Waals surface area contributed by atoms with Crippen molar-refractivity contribution in [3.8, 4) is 0 Å². The van der Waals surface area contributed by atoms with E-state index in [4.69, 9.17) is 0 Å². The van der Waals surface area contributed by atoms with Crippen LogP contribution in [0.5, 0.6) is 0 Å². The van der Waals surface area contributed by atoms with Gasteiger partial charge in [-0.1, -0.05) is 18.2 Å². The van der Waals surface area contributed by atoms with E-state index >= 15 is 0 Å². The highest BCUT2D eigenvalue weighted by molar-refractivity contribution is 5.94. The van der Waals surface area contributed by atoms with E-state index in [0.717, 1.165) is 44.5 Å². The summed E-state index contributed by atoms with van der Waals surface area (Å²) in [7, 11) is 1.90. The lowest BCUT2D eigenvalue weighted by Crippen LogP contribution is -2.50. The van der Waals surface area contributed by atoms with Crippen LogP contribution in [-0.4, -0.2) is 60.9 Å². The van der Waals surface area contributed by atoms with Crippen LogP contribution >= 0.6 is 0 Å². The van der Waals surface area contributed by atoms with Gasteiger partial charge in [-0.05, 0) is 62.1 Å². The number of carbonyl (C=O) groups is 2. The standard InChI is InChI=1S/C25H30FN3O2/c1-27(22-13-16-28(17-14-22)23-11-9-21(26)10-12-23)24(30)20-8-5-15-29(18-20)25(31)19-6-3-2-4-7-19/h2-4,6-7,9-12,20,22H,5,8,13-18H2,1H3. The van der Waals surface area contributed by atoms with E-state index in [0.29, 0.717) is 18.7 Å². The molecule has 1 atom stereocenters. The molecular weight excluding hydrogens is 393 g/mol. The summed E-state index contributed by atoms with van der Waals surface area (Å²) in [4.78, 5) is 32.0. The Hall–Kier alpha value is -2.89. The maximum absolute atomic E-state index is 13.2. The number of piperidine rings is 2. The Morgan fingerprint density at radius 3 is 2.29 bits per heavy atom. The molecule has 0 aliphatic carbocycles. The van der Waals surface area contributed by atoms with Gasteiger partial charge in [0.25, 0.3) is 5.91 Å². The number of halogens is 1. The number of hydrogen-bond donors (Lipinski definition) is 0. The normalized spacial score (nSPS) is 19.9. The number of likely N-dealkylation sites (tertiary alicyclic amines) is 1. The van der Waals surface area contributed by atoms with E-state index in [1.165, 1.54) is 12.1 Å². The number of nitrogens with zero attached hydrogens (tertiary/aromatic N) is 3. The predicted octanol–water partition coefficient (Wildman–Crippen LogP) is 3.81. The third-order valence-electron chi connectivity index (χ3n) is 6.63. The van der Waals surface area contributed by atoms with Crippen molar-refractivity contribution in [1.29, 1.82) is 0 Å². The molecule has 2 aromatic carbocycles. The second kappa shape index (κ2) is 9.50. The Morgan fingerprint density at radius 1 is 0.935 bits per heavy atom. The van der Waals surface area contributed by atoms with Gasteiger partial charge >= 0.3 is 0 Å². The maximum Gasteiger partial charge on any atom is 0.253 e. The second-order valence-corrected chi connectivity index (χ2v) is 8.60. The first-order valence-corrected chi connectivity index (χ1v) is 11.1. The van der Waals surface area contributed by atoms with Gasteiger partial charge in [-0.25, -0.2) is 4.39 Å². The molecule has 2 saturated heterocycles. The number of amides is 2. The van der Waals surface area contributed by atoms with Crippen molar-refractivity contribution in [2.24, 2.45) is 5.92 Å². The zero-order valence-corrected chi connectivity index (χ0v) is 18.0. The van der Waals surface area contributed by atoms with E-state index in [2.05, 4.69) is 4.90 Å². The molecule has 0 spiro atoms. The first kappa shape index (κ1) is 21.3. The van der Waals surface area contributed by atoms with Gasteiger partial charge < -0.3 is 14.7 Å². The Labute approximate surface area is 183 Å². The van der Waals surface area contributed by atoms with Gasteiger partial charge in [-0.3, -0.25) is 9.59 Å². The van der Waals surface area contributed by atoms with Crippen molar-refractivity contribution in [3.05, 3.63) is 66.0 Å². The van der Waals surface area contributed by atoms with Crippen LogP contribution in [0.2, 0.25) is 0 Å². The van der Waals surface area contributed by atoms with Crippen molar-refractivity contribution < 1.29 is 14.0 Å². The fourth-order valence-corrected chi connectivity index (χ4v) is 4.76. The van der Waals surface area contributed by atoms with E-state index in [-0.39, 0.29) is 29.6 Å². The molecule has 4 rings (SSSR count). The number of carbonyl (C=O) groups excluding carboxylic acids is 2. The van der Waals surface area contributed by atoms with Gasteiger partial charge in [0, 0.05) is 50.5 Å². The minimum Gasteiger partial charge on any atom is -0.371 e. The molecule has 164 valence electrons. The quantitative estimate of drug-likeness (QED) is 0.751. The predicted molar refractivity (Wildman–Crippen MR) is 119 cm³/mol. The molecule has 2 heterocycles. The maximum atomic E-state index is 13.2. The van der Waals surface area contributed by atoms with Crippen LogP contribution in [0.3, 0.4) is 0 Å². The third kappa shape index (κ3) is 4.89. The van der Waals surface area contributed by atoms with Gasteiger partial charge in [0.15, 0.2) is 0 Å². The Kier molecular flexibility index (Phi) is 6.54. The van der Waals surface area contributed by atoms with Crippen molar-refractivity contribution in [1.82, 2.24) is 9.80 Å². The highest BCUT2D eigenvalue weighted by Gasteiger charge is 2.33. The molecule has 31 heavy (non-hydrogen) atoms. The summed E-state index contributed by atoms with van der Waals surface area (Å²) < 4.78 is 13.2. The molecule has 0 radical (unpaired) electrons.